The van der Waals surface area contributed by atoms with Crippen LogP contribution in [0.2, 0.25) is 0 Å². The number of nitrogens with one attached hydrogen (secondary N) is 1. The molecule has 0 aliphatic heterocycles. The largest absolute Gasteiger partial charge is 0.352 e. The Hall–Kier alpha value is -1.55. The Bertz CT molecular complexity index is 440. The third kappa shape index (κ3) is 6.17. The minimum absolute atomic E-state index is 0.813. The number of hydrogen-bond acceptors (Lipinski definition) is 2. The van der Waals surface area contributed by atoms with E-state index in [2.05, 4.69) is 72.4 Å². The summed E-state index contributed by atoms with van der Waals surface area (Å²) in [5.74, 6) is 0.961. The molecule has 0 fully saturated rings. The van der Waals surface area contributed by atoms with E-state index in [1.807, 2.05) is 7.05 Å². The van der Waals surface area contributed by atoms with Crippen molar-refractivity contribution in [2.24, 2.45) is 4.99 Å². The molecule has 4 nitrogen and oxygen atoms in total. The van der Waals surface area contributed by atoms with Crippen molar-refractivity contribution < 1.29 is 0 Å². The number of nitrogens with zero attached hydrogens (tertiary/aromatic N) is 3. The highest BCUT2D eigenvalue weighted by Gasteiger charge is 2.07. The van der Waals surface area contributed by atoms with Crippen LogP contribution in [0.3, 0.4) is 0 Å². The molecule has 0 heterocycles. The van der Waals surface area contributed by atoms with Gasteiger partial charge in [-0.2, -0.15) is 0 Å². The third-order valence-corrected chi connectivity index (χ3v) is 3.46. The lowest BCUT2D eigenvalue weighted by Gasteiger charge is -2.22. The van der Waals surface area contributed by atoms with E-state index in [1.54, 1.807) is 0 Å². The predicted molar refractivity (Wildman–Crippen MR) is 91.6 cm³/mol. The molecule has 1 aromatic rings. The van der Waals surface area contributed by atoms with Crippen molar-refractivity contribution in [1.29, 1.82) is 0 Å². The maximum Gasteiger partial charge on any atom is 0.193 e. The second kappa shape index (κ2) is 9.40. The van der Waals surface area contributed by atoms with Crippen LogP contribution in [0.25, 0.3) is 0 Å². The molecule has 118 valence electrons. The summed E-state index contributed by atoms with van der Waals surface area (Å²) < 4.78 is 0. The molecule has 21 heavy (non-hydrogen) atoms. The first kappa shape index (κ1) is 17.5. The Morgan fingerprint density at radius 1 is 1.14 bits per heavy atom. The molecule has 0 aromatic heterocycles. The lowest BCUT2D eigenvalue weighted by molar-refractivity contribution is 0.400. The number of benzene rings is 1. The Morgan fingerprint density at radius 3 is 2.38 bits per heavy atom. The standard InChI is InChI=1S/C17H30N4/c1-6-7-12-21(5)17(18-2)19-13-15-10-8-9-11-16(15)14-20(3)4/h8-11H,6-7,12-14H2,1-5H3,(H,18,19). The first-order valence-corrected chi connectivity index (χ1v) is 7.71. The van der Waals surface area contributed by atoms with Gasteiger partial charge in [0, 0.05) is 33.7 Å². The van der Waals surface area contributed by atoms with Crippen molar-refractivity contribution in [3.8, 4) is 0 Å². The molecule has 0 radical (unpaired) electrons. The van der Waals surface area contributed by atoms with Crippen LogP contribution in [0.1, 0.15) is 30.9 Å². The van der Waals surface area contributed by atoms with Gasteiger partial charge in [-0.1, -0.05) is 37.6 Å². The van der Waals surface area contributed by atoms with Crippen molar-refractivity contribution in [3.63, 3.8) is 0 Å². The van der Waals surface area contributed by atoms with Crippen LogP contribution in [0.4, 0.5) is 0 Å². The predicted octanol–water partition coefficient (Wildman–Crippen LogP) is 2.56. The monoisotopic (exact) mass is 290 g/mol. The van der Waals surface area contributed by atoms with E-state index in [0.717, 1.165) is 25.6 Å². The topological polar surface area (TPSA) is 30.9 Å². The summed E-state index contributed by atoms with van der Waals surface area (Å²) in [6.45, 7) is 5.02. The van der Waals surface area contributed by atoms with Crippen LogP contribution >= 0.6 is 0 Å². The average molecular weight is 290 g/mol. The van der Waals surface area contributed by atoms with Crippen LogP contribution in [-0.2, 0) is 13.1 Å². The highest BCUT2D eigenvalue weighted by molar-refractivity contribution is 5.79. The molecule has 0 spiro atoms. The Morgan fingerprint density at radius 2 is 1.81 bits per heavy atom. The summed E-state index contributed by atoms with van der Waals surface area (Å²) >= 11 is 0. The van der Waals surface area contributed by atoms with E-state index in [9.17, 15) is 0 Å². The molecule has 1 N–H and O–H groups in total. The van der Waals surface area contributed by atoms with E-state index >= 15 is 0 Å². The number of guanidine groups is 1. The van der Waals surface area contributed by atoms with Gasteiger partial charge in [0.05, 0.1) is 0 Å². The maximum atomic E-state index is 4.37. The molecule has 0 saturated carbocycles. The van der Waals surface area contributed by atoms with Crippen molar-refractivity contribution in [3.05, 3.63) is 35.4 Å². The quantitative estimate of drug-likeness (QED) is 0.618. The summed E-state index contributed by atoms with van der Waals surface area (Å²) in [6.07, 6.45) is 2.39. The van der Waals surface area contributed by atoms with Crippen molar-refractivity contribution in [2.45, 2.75) is 32.9 Å². The molecule has 0 aliphatic rings. The third-order valence-electron chi connectivity index (χ3n) is 3.46. The van der Waals surface area contributed by atoms with Gasteiger partial charge >= 0.3 is 0 Å². The molecule has 0 amide bonds. The molecule has 0 bridgehead atoms. The summed E-state index contributed by atoms with van der Waals surface area (Å²) in [4.78, 5) is 8.76. The zero-order valence-corrected chi connectivity index (χ0v) is 14.2. The first-order valence-electron chi connectivity index (χ1n) is 7.71. The highest BCUT2D eigenvalue weighted by Crippen LogP contribution is 2.10. The second-order valence-corrected chi connectivity index (χ2v) is 5.68. The van der Waals surface area contributed by atoms with E-state index in [0.29, 0.717) is 0 Å². The van der Waals surface area contributed by atoms with Gasteiger partial charge in [0.2, 0.25) is 0 Å². The first-order chi connectivity index (χ1) is 10.1. The minimum Gasteiger partial charge on any atom is -0.352 e. The molecule has 0 saturated heterocycles. The fourth-order valence-electron chi connectivity index (χ4n) is 2.29. The Balaban J connectivity index is 2.65. The maximum absolute atomic E-state index is 4.37. The van der Waals surface area contributed by atoms with Gasteiger partial charge in [-0.05, 0) is 31.6 Å². The van der Waals surface area contributed by atoms with E-state index < -0.39 is 0 Å². The van der Waals surface area contributed by atoms with Gasteiger partial charge in [-0.3, -0.25) is 4.99 Å². The lowest BCUT2D eigenvalue weighted by Crippen LogP contribution is -2.39. The highest BCUT2D eigenvalue weighted by atomic mass is 15.3. The molecular formula is C17H30N4. The Labute approximate surface area is 129 Å². The molecule has 0 unspecified atom stereocenters. The molecule has 0 atom stereocenters. The Kier molecular flexibility index (Phi) is 7.83. The molecule has 4 heteroatoms. The number of unbranched alkanes of at least 4 members (excludes halogenated alkanes) is 1. The molecular weight excluding hydrogens is 260 g/mol. The SMILES string of the molecule is CCCCN(C)C(=NC)NCc1ccccc1CN(C)C. The molecule has 0 aliphatic carbocycles. The summed E-state index contributed by atoms with van der Waals surface area (Å²) in [5, 5.41) is 3.47. The molecule has 1 rings (SSSR count). The summed E-state index contributed by atoms with van der Waals surface area (Å²) in [7, 11) is 8.14. The van der Waals surface area contributed by atoms with Gasteiger partial charge in [0.1, 0.15) is 0 Å². The summed E-state index contributed by atoms with van der Waals surface area (Å²) in [5.41, 5.74) is 2.69. The van der Waals surface area contributed by atoms with Crippen molar-refractivity contribution in [2.75, 3.05) is 34.7 Å². The van der Waals surface area contributed by atoms with Crippen molar-refractivity contribution >= 4 is 5.96 Å². The van der Waals surface area contributed by atoms with Gasteiger partial charge < -0.3 is 15.1 Å². The van der Waals surface area contributed by atoms with Crippen LogP contribution in [0, 0.1) is 0 Å². The normalized spacial score (nSPS) is 11.8. The number of rotatable bonds is 7. The minimum atomic E-state index is 0.813. The van der Waals surface area contributed by atoms with Gasteiger partial charge in [-0.15, -0.1) is 0 Å². The van der Waals surface area contributed by atoms with Crippen LogP contribution < -0.4 is 5.32 Å². The van der Waals surface area contributed by atoms with Gasteiger partial charge in [0.25, 0.3) is 0 Å². The van der Waals surface area contributed by atoms with Crippen LogP contribution in [0.15, 0.2) is 29.3 Å². The van der Waals surface area contributed by atoms with Crippen LogP contribution in [0.5, 0.6) is 0 Å². The van der Waals surface area contributed by atoms with Gasteiger partial charge in [0.15, 0.2) is 5.96 Å². The van der Waals surface area contributed by atoms with E-state index in [1.165, 1.54) is 24.0 Å². The lowest BCUT2D eigenvalue weighted by atomic mass is 10.1. The molecule has 1 aromatic carbocycles. The second-order valence-electron chi connectivity index (χ2n) is 5.68. The number of aliphatic imine (C=N–C) groups is 1. The fraction of sp³-hybridized carbons (Fsp3) is 0.588. The van der Waals surface area contributed by atoms with E-state index in [4.69, 9.17) is 0 Å². The smallest absolute Gasteiger partial charge is 0.193 e. The average Bonchev–Trinajstić information content (AvgIpc) is 2.46. The van der Waals surface area contributed by atoms with Crippen LogP contribution in [-0.4, -0.2) is 50.5 Å². The summed E-state index contributed by atoms with van der Waals surface area (Å²) in [6, 6.07) is 8.58. The zero-order valence-electron chi connectivity index (χ0n) is 14.2. The number of hydrogen-bond donors (Lipinski definition) is 1. The van der Waals surface area contributed by atoms with Gasteiger partial charge in [-0.25, -0.2) is 0 Å². The van der Waals surface area contributed by atoms with Crippen molar-refractivity contribution in [1.82, 2.24) is 15.1 Å². The van der Waals surface area contributed by atoms with E-state index in [-0.39, 0.29) is 0 Å². The zero-order chi connectivity index (χ0) is 15.7. The fourth-order valence-corrected chi connectivity index (χ4v) is 2.29.